The van der Waals surface area contributed by atoms with Crippen LogP contribution in [-0.2, 0) is 4.87 Å². The van der Waals surface area contributed by atoms with Gasteiger partial charge in [-0.3, -0.25) is 5.32 Å². The van der Waals surface area contributed by atoms with Crippen LogP contribution in [0, 0.1) is 5.92 Å². The summed E-state index contributed by atoms with van der Waals surface area (Å²) in [7, 11) is 0. The highest BCUT2D eigenvalue weighted by atomic mass is 32.2. The van der Waals surface area contributed by atoms with Crippen molar-refractivity contribution in [3.8, 4) is 0 Å². The number of rotatable bonds is 0. The predicted molar refractivity (Wildman–Crippen MR) is 73.1 cm³/mol. The molecule has 0 bridgehead atoms. The predicted octanol–water partition coefficient (Wildman–Crippen LogP) is 3.31. The molecule has 1 aromatic rings. The van der Waals surface area contributed by atoms with Gasteiger partial charge in [0.05, 0.1) is 4.87 Å². The van der Waals surface area contributed by atoms with Crippen LogP contribution in [-0.4, -0.2) is 18.1 Å². The van der Waals surface area contributed by atoms with E-state index in [1.165, 1.54) is 28.4 Å². The topological polar surface area (TPSA) is 12.0 Å². The van der Waals surface area contributed by atoms with Crippen LogP contribution in [0.25, 0.3) is 0 Å². The number of nitrogens with one attached hydrogen (secondary N) is 1. The quantitative estimate of drug-likeness (QED) is 0.760. The zero-order valence-corrected chi connectivity index (χ0v) is 11.2. The molecule has 1 N–H and O–H groups in total. The standard InChI is InChI=1S/C13H17NS2/c1-10-8-14-13(16-9-10)6-7-15-12-5-3-2-4-11(12)13/h2-5,10,14H,6-9H2,1H3. The lowest BCUT2D eigenvalue weighted by atomic mass is 10.0. The fraction of sp³-hybridized carbons (Fsp3) is 0.538. The van der Waals surface area contributed by atoms with Gasteiger partial charge < -0.3 is 0 Å². The van der Waals surface area contributed by atoms with Crippen molar-refractivity contribution in [2.45, 2.75) is 23.1 Å². The monoisotopic (exact) mass is 251 g/mol. The number of hydrogen-bond donors (Lipinski definition) is 1. The Hall–Kier alpha value is -0.120. The van der Waals surface area contributed by atoms with Gasteiger partial charge in [0.25, 0.3) is 0 Å². The van der Waals surface area contributed by atoms with Gasteiger partial charge >= 0.3 is 0 Å². The van der Waals surface area contributed by atoms with E-state index < -0.39 is 0 Å². The first-order chi connectivity index (χ1) is 7.80. The van der Waals surface area contributed by atoms with E-state index in [1.54, 1.807) is 0 Å². The molecule has 16 heavy (non-hydrogen) atoms. The number of thioether (sulfide) groups is 2. The molecule has 2 heterocycles. The minimum Gasteiger partial charge on any atom is -0.299 e. The lowest BCUT2D eigenvalue weighted by Gasteiger charge is -2.43. The summed E-state index contributed by atoms with van der Waals surface area (Å²) in [5.74, 6) is 3.33. The lowest BCUT2D eigenvalue weighted by Crippen LogP contribution is -2.48. The van der Waals surface area contributed by atoms with Crippen LogP contribution in [0.3, 0.4) is 0 Å². The SMILES string of the molecule is CC1CNC2(CCSc3ccccc32)SC1. The summed E-state index contributed by atoms with van der Waals surface area (Å²) in [5.41, 5.74) is 1.52. The fourth-order valence-corrected chi connectivity index (χ4v) is 5.28. The van der Waals surface area contributed by atoms with Gasteiger partial charge in [-0.1, -0.05) is 25.1 Å². The van der Waals surface area contributed by atoms with Gasteiger partial charge in [0.1, 0.15) is 0 Å². The molecular formula is C13H17NS2. The van der Waals surface area contributed by atoms with E-state index in [9.17, 15) is 0 Å². The van der Waals surface area contributed by atoms with Gasteiger partial charge in [-0.15, -0.1) is 23.5 Å². The van der Waals surface area contributed by atoms with E-state index >= 15 is 0 Å². The molecule has 0 radical (unpaired) electrons. The summed E-state index contributed by atoms with van der Waals surface area (Å²) in [6, 6.07) is 8.90. The van der Waals surface area contributed by atoms with Crippen molar-refractivity contribution < 1.29 is 0 Å². The van der Waals surface area contributed by atoms with Crippen molar-refractivity contribution in [1.29, 1.82) is 0 Å². The molecule has 1 aromatic carbocycles. The largest absolute Gasteiger partial charge is 0.299 e. The molecule has 1 spiro atoms. The Morgan fingerprint density at radius 2 is 2.25 bits per heavy atom. The Kier molecular flexibility index (Phi) is 2.94. The van der Waals surface area contributed by atoms with Crippen molar-refractivity contribution in [1.82, 2.24) is 5.32 Å². The van der Waals surface area contributed by atoms with E-state index in [2.05, 4.69) is 48.3 Å². The van der Waals surface area contributed by atoms with E-state index in [0.29, 0.717) is 0 Å². The molecule has 2 unspecified atom stereocenters. The van der Waals surface area contributed by atoms with E-state index in [-0.39, 0.29) is 4.87 Å². The van der Waals surface area contributed by atoms with Crippen LogP contribution in [0.5, 0.6) is 0 Å². The molecule has 2 aliphatic rings. The summed E-state index contributed by atoms with van der Waals surface area (Å²) in [6.07, 6.45) is 1.26. The third kappa shape index (κ3) is 1.79. The highest BCUT2D eigenvalue weighted by Crippen LogP contribution is 2.48. The molecule has 2 atom stereocenters. The third-order valence-corrected chi connectivity index (χ3v) is 6.26. The molecule has 2 aliphatic heterocycles. The van der Waals surface area contributed by atoms with Gasteiger partial charge in [-0.25, -0.2) is 0 Å². The van der Waals surface area contributed by atoms with Crippen molar-refractivity contribution in [2.24, 2.45) is 5.92 Å². The molecule has 3 rings (SSSR count). The van der Waals surface area contributed by atoms with Gasteiger partial charge in [-0.05, 0) is 29.7 Å². The number of benzene rings is 1. The summed E-state index contributed by atoms with van der Waals surface area (Å²) in [6.45, 7) is 3.49. The van der Waals surface area contributed by atoms with Crippen LogP contribution in [0.1, 0.15) is 18.9 Å². The summed E-state index contributed by atoms with van der Waals surface area (Å²) < 4.78 is 0. The van der Waals surface area contributed by atoms with Crippen molar-refractivity contribution in [3.63, 3.8) is 0 Å². The Labute approximate surface area is 106 Å². The normalized spacial score (nSPS) is 33.7. The highest BCUT2D eigenvalue weighted by Gasteiger charge is 2.39. The van der Waals surface area contributed by atoms with Crippen molar-refractivity contribution in [2.75, 3.05) is 18.1 Å². The van der Waals surface area contributed by atoms with Crippen molar-refractivity contribution >= 4 is 23.5 Å². The molecule has 0 saturated carbocycles. The van der Waals surface area contributed by atoms with Gasteiger partial charge in [0, 0.05) is 17.2 Å². The van der Waals surface area contributed by atoms with Crippen LogP contribution < -0.4 is 5.32 Å². The Balaban J connectivity index is 1.97. The molecule has 0 aromatic heterocycles. The second-order valence-corrected chi connectivity index (χ2v) is 7.17. The van der Waals surface area contributed by atoms with Crippen molar-refractivity contribution in [3.05, 3.63) is 29.8 Å². The maximum atomic E-state index is 3.79. The number of hydrogen-bond acceptors (Lipinski definition) is 3. The first kappa shape index (κ1) is 11.0. The Morgan fingerprint density at radius 1 is 1.38 bits per heavy atom. The highest BCUT2D eigenvalue weighted by molar-refractivity contribution is 8.01. The first-order valence-electron chi connectivity index (χ1n) is 5.91. The molecule has 86 valence electrons. The zero-order chi connectivity index (χ0) is 11.0. The lowest BCUT2D eigenvalue weighted by molar-refractivity contribution is 0.403. The summed E-state index contributed by atoms with van der Waals surface area (Å²) in [5, 5.41) is 3.79. The third-order valence-electron chi connectivity index (χ3n) is 3.38. The molecule has 1 nitrogen and oxygen atoms in total. The molecule has 1 saturated heterocycles. The van der Waals surface area contributed by atoms with Crippen LogP contribution in [0.4, 0.5) is 0 Å². The number of fused-ring (bicyclic) bond motifs is 2. The van der Waals surface area contributed by atoms with E-state index in [0.717, 1.165) is 12.5 Å². The minimum absolute atomic E-state index is 0.217. The second-order valence-electron chi connectivity index (χ2n) is 4.72. The smallest absolute Gasteiger partial charge is 0.0920 e. The van der Waals surface area contributed by atoms with Crippen LogP contribution >= 0.6 is 23.5 Å². The van der Waals surface area contributed by atoms with E-state index in [4.69, 9.17) is 0 Å². The average molecular weight is 251 g/mol. The molecule has 0 aliphatic carbocycles. The summed E-state index contributed by atoms with van der Waals surface area (Å²) >= 11 is 4.12. The molecular weight excluding hydrogens is 234 g/mol. The Morgan fingerprint density at radius 3 is 3.06 bits per heavy atom. The maximum Gasteiger partial charge on any atom is 0.0920 e. The maximum absolute atomic E-state index is 3.79. The van der Waals surface area contributed by atoms with Crippen LogP contribution in [0.2, 0.25) is 0 Å². The Bertz CT molecular complexity index is 383. The second kappa shape index (κ2) is 4.28. The molecule has 0 amide bonds. The van der Waals surface area contributed by atoms with Gasteiger partial charge in [0.2, 0.25) is 0 Å². The zero-order valence-electron chi connectivity index (χ0n) is 9.53. The summed E-state index contributed by atoms with van der Waals surface area (Å²) in [4.78, 5) is 1.69. The van der Waals surface area contributed by atoms with E-state index in [1.807, 2.05) is 11.8 Å². The van der Waals surface area contributed by atoms with Crippen LogP contribution in [0.15, 0.2) is 29.2 Å². The first-order valence-corrected chi connectivity index (χ1v) is 7.89. The molecule has 1 fully saturated rings. The fourth-order valence-electron chi connectivity index (χ4n) is 2.43. The molecule has 3 heteroatoms. The van der Waals surface area contributed by atoms with Gasteiger partial charge in [0.15, 0.2) is 0 Å². The van der Waals surface area contributed by atoms with Gasteiger partial charge in [-0.2, -0.15) is 0 Å². The minimum atomic E-state index is 0.217. The average Bonchev–Trinajstić information content (AvgIpc) is 2.34.